The van der Waals surface area contributed by atoms with Crippen LogP contribution in [0.4, 0.5) is 0 Å². The van der Waals surface area contributed by atoms with E-state index in [-0.39, 0.29) is 0 Å². The molecule has 0 heterocycles. The zero-order chi connectivity index (χ0) is 31.3. The summed E-state index contributed by atoms with van der Waals surface area (Å²) < 4.78 is 5.16. The first kappa shape index (κ1) is 30.2. The summed E-state index contributed by atoms with van der Waals surface area (Å²) >= 11 is 0. The second-order valence-corrected chi connectivity index (χ2v) is 15.7. The molecule has 0 saturated heterocycles. The summed E-state index contributed by atoms with van der Waals surface area (Å²) in [7, 11) is -3.43. The van der Waals surface area contributed by atoms with Gasteiger partial charge < -0.3 is 14.7 Å². The second kappa shape index (κ2) is 13.5. The average molecular weight is 620 g/mol. The number of hydrogen-bond donors (Lipinski definition) is 2. The lowest BCUT2D eigenvalue weighted by Crippen LogP contribution is -2.37. The van der Waals surface area contributed by atoms with Crippen molar-refractivity contribution >= 4 is 62.8 Å². The highest BCUT2D eigenvalue weighted by Gasteiger charge is 2.52. The zero-order valence-electron chi connectivity index (χ0n) is 25.7. The van der Waals surface area contributed by atoms with Crippen LogP contribution in [0.2, 0.25) is 0 Å². The molecule has 8 rings (SSSR count). The van der Waals surface area contributed by atoms with Crippen molar-refractivity contribution in [3.05, 3.63) is 158 Å². The Balaban J connectivity index is 0.000000147. The molecule has 0 bridgehead atoms. The highest BCUT2D eigenvalue weighted by atomic mass is 31.2. The van der Waals surface area contributed by atoms with E-state index in [0.717, 1.165) is 32.6 Å². The fourth-order valence-electron chi connectivity index (χ4n) is 7.34. The molecule has 5 heteroatoms. The molecule has 0 amide bonds. The van der Waals surface area contributed by atoms with E-state index in [9.17, 15) is 0 Å². The molecule has 2 N–H and O–H groups in total. The number of rotatable bonds is 6. The van der Waals surface area contributed by atoms with Crippen LogP contribution in [-0.2, 0) is 0 Å². The van der Waals surface area contributed by atoms with E-state index in [2.05, 4.69) is 121 Å². The van der Waals surface area contributed by atoms with E-state index in [0.29, 0.717) is 5.75 Å². The summed E-state index contributed by atoms with van der Waals surface area (Å²) in [5.74, 6) is 0.466. The van der Waals surface area contributed by atoms with Crippen molar-refractivity contribution < 1.29 is 14.7 Å². The Morgan fingerprint density at radius 3 is 1.52 bits per heavy atom. The van der Waals surface area contributed by atoms with Gasteiger partial charge in [-0.25, -0.2) is 0 Å². The van der Waals surface area contributed by atoms with Crippen molar-refractivity contribution in [2.24, 2.45) is 0 Å². The van der Waals surface area contributed by atoms with Gasteiger partial charge in [-0.1, -0.05) is 103 Å². The van der Waals surface area contributed by atoms with Gasteiger partial charge in [-0.05, 0) is 107 Å². The predicted octanol–water partition coefficient (Wildman–Crippen LogP) is 8.42. The van der Waals surface area contributed by atoms with Gasteiger partial charge >= 0.3 is 7.32 Å². The van der Waals surface area contributed by atoms with Crippen LogP contribution in [0.5, 0.6) is 5.75 Å². The lowest BCUT2D eigenvalue weighted by molar-refractivity contribution is 0.289. The molecular formula is C41H37BO3P+. The van der Waals surface area contributed by atoms with Crippen LogP contribution in [0.15, 0.2) is 158 Å². The van der Waals surface area contributed by atoms with Crippen LogP contribution in [0.1, 0.15) is 25.7 Å². The van der Waals surface area contributed by atoms with Gasteiger partial charge in [0.15, 0.2) is 0 Å². The summed E-state index contributed by atoms with van der Waals surface area (Å²) in [4.78, 5) is 0. The second-order valence-electron chi connectivity index (χ2n) is 12.0. The van der Waals surface area contributed by atoms with Gasteiger partial charge in [0.2, 0.25) is 0 Å². The van der Waals surface area contributed by atoms with Crippen molar-refractivity contribution in [2.75, 3.05) is 0 Å². The predicted molar refractivity (Wildman–Crippen MR) is 197 cm³/mol. The molecule has 0 aliphatic heterocycles. The SMILES string of the molecule is OB(O)Oc1cccc2ccc3cc4ccccc4cc3c12.c1ccc([P+](c2ccccc2)(c2ccccc2)C2CCCC2)cc1. The fraction of sp³-hybridized carbons (Fsp3) is 0.122. The molecule has 46 heavy (non-hydrogen) atoms. The van der Waals surface area contributed by atoms with E-state index in [1.807, 2.05) is 30.3 Å². The molecule has 7 aromatic carbocycles. The van der Waals surface area contributed by atoms with Crippen molar-refractivity contribution in [3.63, 3.8) is 0 Å². The summed E-state index contributed by atoms with van der Waals surface area (Å²) in [6.45, 7) is 0. The molecule has 0 spiro atoms. The molecular weight excluding hydrogens is 582 g/mol. The Kier molecular flexibility index (Phi) is 8.86. The monoisotopic (exact) mass is 619 g/mol. The summed E-state index contributed by atoms with van der Waals surface area (Å²) in [6, 6.07) is 56.0. The Morgan fingerprint density at radius 2 is 0.978 bits per heavy atom. The van der Waals surface area contributed by atoms with Crippen LogP contribution in [0.3, 0.4) is 0 Å². The third-order valence-electron chi connectivity index (χ3n) is 9.28. The first-order valence-electron chi connectivity index (χ1n) is 16.1. The lowest BCUT2D eigenvalue weighted by Gasteiger charge is -2.32. The molecule has 1 saturated carbocycles. The average Bonchev–Trinajstić information content (AvgIpc) is 3.65. The van der Waals surface area contributed by atoms with Crippen LogP contribution in [0, 0.1) is 0 Å². The standard InChI is InChI=1S/C23H24P.C18H13BO3/c1-4-12-20(13-5-1)24(23-18-10-11-19-23,21-14-6-2-7-15-21)22-16-8-3-9-17-22;20-19(21)22-17-7-3-6-12-8-9-15-10-13-4-1-2-5-14(13)11-16(15)18(12)17/h1-9,12-17,23H,10-11,18-19H2;1-11,20-21H/q+1;. The molecule has 1 aliphatic rings. The molecule has 1 aliphatic carbocycles. The largest absolute Gasteiger partial charge is 0.707 e. The van der Waals surface area contributed by atoms with Gasteiger partial charge in [0.1, 0.15) is 28.9 Å². The summed E-state index contributed by atoms with van der Waals surface area (Å²) in [5, 5.41) is 29.2. The number of hydrogen-bond acceptors (Lipinski definition) is 3. The first-order chi connectivity index (χ1) is 22.6. The molecule has 0 radical (unpaired) electrons. The quantitative estimate of drug-likeness (QED) is 0.0851. The van der Waals surface area contributed by atoms with Gasteiger partial charge in [0, 0.05) is 5.39 Å². The van der Waals surface area contributed by atoms with Gasteiger partial charge in [-0.2, -0.15) is 0 Å². The van der Waals surface area contributed by atoms with Crippen LogP contribution >= 0.6 is 7.26 Å². The maximum absolute atomic E-state index is 9.14. The third-order valence-corrected chi connectivity index (χ3v) is 14.2. The van der Waals surface area contributed by atoms with Crippen LogP contribution in [0.25, 0.3) is 32.3 Å². The van der Waals surface area contributed by atoms with Gasteiger partial charge in [-0.3, -0.25) is 0 Å². The molecule has 7 aromatic rings. The van der Waals surface area contributed by atoms with Crippen LogP contribution < -0.4 is 20.6 Å². The maximum Gasteiger partial charge on any atom is 0.707 e. The highest BCUT2D eigenvalue weighted by molar-refractivity contribution is 7.96. The third kappa shape index (κ3) is 5.81. The minimum Gasteiger partial charge on any atom is -0.511 e. The minimum absolute atomic E-state index is 0.466. The maximum atomic E-state index is 9.14. The van der Waals surface area contributed by atoms with E-state index in [1.165, 1.54) is 47.0 Å². The van der Waals surface area contributed by atoms with Crippen LogP contribution in [-0.4, -0.2) is 23.0 Å². The molecule has 0 atom stereocenters. The fourth-order valence-corrected chi connectivity index (χ4v) is 12.6. The van der Waals surface area contributed by atoms with Gasteiger partial charge in [-0.15, -0.1) is 0 Å². The van der Waals surface area contributed by atoms with E-state index in [4.69, 9.17) is 14.7 Å². The summed E-state index contributed by atoms with van der Waals surface area (Å²) in [5.41, 5.74) is 0.768. The molecule has 0 aromatic heterocycles. The number of fused-ring (bicyclic) bond motifs is 4. The first-order valence-corrected chi connectivity index (χ1v) is 17.9. The van der Waals surface area contributed by atoms with Crippen molar-refractivity contribution in [1.82, 2.24) is 0 Å². The Bertz CT molecular complexity index is 1960. The minimum atomic E-state index is -1.83. The Morgan fingerprint density at radius 1 is 0.500 bits per heavy atom. The van der Waals surface area contributed by atoms with E-state index < -0.39 is 14.6 Å². The topological polar surface area (TPSA) is 49.7 Å². The molecule has 1 fully saturated rings. The van der Waals surface area contributed by atoms with Crippen molar-refractivity contribution in [2.45, 2.75) is 31.3 Å². The van der Waals surface area contributed by atoms with Crippen molar-refractivity contribution in [3.8, 4) is 5.75 Å². The number of benzene rings is 7. The smallest absolute Gasteiger partial charge is 0.511 e. The lowest BCUT2D eigenvalue weighted by atomic mass is 9.97. The van der Waals surface area contributed by atoms with E-state index in [1.54, 1.807) is 6.07 Å². The Hall–Kier alpha value is -4.47. The van der Waals surface area contributed by atoms with Crippen molar-refractivity contribution in [1.29, 1.82) is 0 Å². The Labute approximate surface area is 271 Å². The zero-order valence-corrected chi connectivity index (χ0v) is 26.6. The molecule has 3 nitrogen and oxygen atoms in total. The molecule has 226 valence electrons. The normalized spacial score (nSPS) is 13.4. The van der Waals surface area contributed by atoms with Gasteiger partial charge in [0.05, 0.1) is 5.66 Å². The van der Waals surface area contributed by atoms with Gasteiger partial charge in [0.25, 0.3) is 0 Å². The summed E-state index contributed by atoms with van der Waals surface area (Å²) in [6.07, 6.45) is 5.46. The molecule has 0 unspecified atom stereocenters. The highest BCUT2D eigenvalue weighted by Crippen LogP contribution is 2.63. The van der Waals surface area contributed by atoms with E-state index >= 15 is 0 Å².